The molecule has 1 aromatic rings. The van der Waals surface area contributed by atoms with Gasteiger partial charge in [-0.05, 0) is 39.5 Å². The fourth-order valence-electron chi connectivity index (χ4n) is 1.67. The fraction of sp³-hybridized carbons (Fsp3) is 0.429. The van der Waals surface area contributed by atoms with E-state index in [0.29, 0.717) is 15.7 Å². The molecule has 20 heavy (non-hydrogen) atoms. The maximum Gasteiger partial charge on any atom is 0.305 e. The summed E-state index contributed by atoms with van der Waals surface area (Å²) in [6.07, 6.45) is -0.124. The lowest BCUT2D eigenvalue weighted by molar-refractivity contribution is -0.138. The van der Waals surface area contributed by atoms with Crippen LogP contribution in [-0.2, 0) is 4.79 Å². The molecule has 0 aliphatic carbocycles. The van der Waals surface area contributed by atoms with Crippen molar-refractivity contribution in [2.24, 2.45) is 5.41 Å². The number of amides is 1. The number of nitrogens with two attached hydrogens (primary N) is 1. The van der Waals surface area contributed by atoms with Crippen LogP contribution in [-0.4, -0.2) is 23.0 Å². The van der Waals surface area contributed by atoms with E-state index in [2.05, 4.69) is 21.2 Å². The van der Waals surface area contributed by atoms with Crippen molar-refractivity contribution in [1.29, 1.82) is 0 Å². The predicted molar refractivity (Wildman–Crippen MR) is 81.5 cm³/mol. The second-order valence-corrected chi connectivity index (χ2v) is 6.58. The van der Waals surface area contributed by atoms with E-state index in [4.69, 9.17) is 10.8 Å². The van der Waals surface area contributed by atoms with Crippen molar-refractivity contribution < 1.29 is 14.7 Å². The summed E-state index contributed by atoms with van der Waals surface area (Å²) in [5.41, 5.74) is 6.25. The molecule has 0 saturated carbocycles. The van der Waals surface area contributed by atoms with E-state index in [-0.39, 0.29) is 17.7 Å². The molecule has 1 unspecified atom stereocenters. The van der Waals surface area contributed by atoms with Crippen LogP contribution < -0.4 is 11.1 Å². The minimum absolute atomic E-state index is 0.124. The molecule has 110 valence electrons. The normalized spacial score (nSPS) is 12.8. The second-order valence-electron chi connectivity index (χ2n) is 5.73. The smallest absolute Gasteiger partial charge is 0.305 e. The number of nitrogen functional groups attached to an aromatic ring is 1. The molecule has 0 bridgehead atoms. The summed E-state index contributed by atoms with van der Waals surface area (Å²) in [4.78, 5) is 23.1. The Hall–Kier alpha value is -1.56. The van der Waals surface area contributed by atoms with Crippen LogP contribution in [0.2, 0.25) is 0 Å². The number of anilines is 1. The first kappa shape index (κ1) is 16.5. The van der Waals surface area contributed by atoms with E-state index in [1.54, 1.807) is 18.2 Å². The third kappa shape index (κ3) is 4.52. The summed E-state index contributed by atoms with van der Waals surface area (Å²) >= 11 is 3.26. The van der Waals surface area contributed by atoms with Crippen LogP contribution in [0.5, 0.6) is 0 Å². The van der Waals surface area contributed by atoms with Crippen LogP contribution in [0, 0.1) is 5.41 Å². The molecule has 1 aromatic carbocycles. The summed E-state index contributed by atoms with van der Waals surface area (Å²) in [5.74, 6) is -1.27. The zero-order valence-electron chi connectivity index (χ0n) is 11.7. The first-order valence-electron chi connectivity index (χ1n) is 6.19. The molecule has 0 aliphatic rings. The highest BCUT2D eigenvalue weighted by Crippen LogP contribution is 2.24. The molecular weight excluding hydrogens is 324 g/mol. The summed E-state index contributed by atoms with van der Waals surface area (Å²) in [7, 11) is 0. The number of hydrogen-bond donors (Lipinski definition) is 3. The van der Waals surface area contributed by atoms with Gasteiger partial charge in [-0.25, -0.2) is 0 Å². The Bertz CT molecular complexity index is 524. The SMILES string of the molecule is CC(C)(C)C(CC(=O)O)NC(=O)c1ccc(Br)c(N)c1. The molecule has 6 heteroatoms. The van der Waals surface area contributed by atoms with Crippen molar-refractivity contribution in [2.45, 2.75) is 33.2 Å². The summed E-state index contributed by atoms with van der Waals surface area (Å²) < 4.78 is 0.715. The highest BCUT2D eigenvalue weighted by atomic mass is 79.9. The molecule has 4 N–H and O–H groups in total. The van der Waals surface area contributed by atoms with E-state index < -0.39 is 12.0 Å². The van der Waals surface area contributed by atoms with Gasteiger partial charge in [0.15, 0.2) is 0 Å². The number of carboxylic acids is 1. The Kier molecular flexibility index (Phi) is 5.16. The Morgan fingerprint density at radius 2 is 2.00 bits per heavy atom. The number of halogens is 1. The molecule has 5 nitrogen and oxygen atoms in total. The third-order valence-corrected chi connectivity index (χ3v) is 3.71. The largest absolute Gasteiger partial charge is 0.481 e. The first-order chi connectivity index (χ1) is 9.11. The van der Waals surface area contributed by atoms with Gasteiger partial charge in [-0.1, -0.05) is 20.8 Å². The lowest BCUT2D eigenvalue weighted by Gasteiger charge is -2.30. The minimum Gasteiger partial charge on any atom is -0.481 e. The number of carboxylic acid groups (broad SMARTS) is 1. The van der Waals surface area contributed by atoms with Crippen molar-refractivity contribution in [2.75, 3.05) is 5.73 Å². The molecule has 1 rings (SSSR count). The van der Waals surface area contributed by atoms with Gasteiger partial charge >= 0.3 is 5.97 Å². The van der Waals surface area contributed by atoms with Crippen molar-refractivity contribution >= 4 is 33.5 Å². The second kappa shape index (κ2) is 6.26. The maximum absolute atomic E-state index is 12.2. The Morgan fingerprint density at radius 3 is 2.45 bits per heavy atom. The van der Waals surface area contributed by atoms with Crippen LogP contribution in [0.1, 0.15) is 37.6 Å². The van der Waals surface area contributed by atoms with Gasteiger partial charge in [0.25, 0.3) is 5.91 Å². The molecular formula is C14H19BrN2O3. The number of hydrogen-bond acceptors (Lipinski definition) is 3. The van der Waals surface area contributed by atoms with E-state index in [0.717, 1.165) is 0 Å². The monoisotopic (exact) mass is 342 g/mol. The number of carbonyl (C=O) groups is 2. The van der Waals surface area contributed by atoms with E-state index >= 15 is 0 Å². The van der Waals surface area contributed by atoms with E-state index in [9.17, 15) is 9.59 Å². The van der Waals surface area contributed by atoms with Crippen molar-refractivity contribution in [3.05, 3.63) is 28.2 Å². The standard InChI is InChI=1S/C14H19BrN2O3/c1-14(2,3)11(7-12(18)19)17-13(20)8-4-5-9(15)10(16)6-8/h4-6,11H,7,16H2,1-3H3,(H,17,20)(H,18,19). The van der Waals surface area contributed by atoms with Gasteiger partial charge in [-0.2, -0.15) is 0 Å². The zero-order valence-corrected chi connectivity index (χ0v) is 13.3. The predicted octanol–water partition coefficient (Wildman–Crippen LogP) is 2.65. The van der Waals surface area contributed by atoms with Crippen molar-refractivity contribution in [3.8, 4) is 0 Å². The maximum atomic E-state index is 12.2. The molecule has 1 amide bonds. The van der Waals surface area contributed by atoms with Gasteiger partial charge in [0.1, 0.15) is 0 Å². The Labute approximate surface area is 126 Å². The van der Waals surface area contributed by atoms with Gasteiger partial charge in [0.05, 0.1) is 6.42 Å². The Balaban J connectivity index is 2.90. The lowest BCUT2D eigenvalue weighted by Crippen LogP contribution is -2.45. The third-order valence-electron chi connectivity index (χ3n) is 2.99. The van der Waals surface area contributed by atoms with Crippen LogP contribution in [0.4, 0.5) is 5.69 Å². The first-order valence-corrected chi connectivity index (χ1v) is 6.98. The van der Waals surface area contributed by atoms with Gasteiger partial charge in [-0.15, -0.1) is 0 Å². The molecule has 0 aromatic heterocycles. The number of nitrogens with one attached hydrogen (secondary N) is 1. The van der Waals surface area contributed by atoms with Crippen molar-refractivity contribution in [1.82, 2.24) is 5.32 Å². The zero-order chi connectivity index (χ0) is 15.5. The quantitative estimate of drug-likeness (QED) is 0.733. The average Bonchev–Trinajstić information content (AvgIpc) is 2.30. The van der Waals surface area contributed by atoms with Gasteiger partial charge in [-0.3, -0.25) is 9.59 Å². The summed E-state index contributed by atoms with van der Waals surface area (Å²) in [6, 6.07) is 4.42. The van der Waals surface area contributed by atoms with Crippen molar-refractivity contribution in [3.63, 3.8) is 0 Å². The number of carbonyl (C=O) groups excluding carboxylic acids is 1. The number of aliphatic carboxylic acids is 1. The molecule has 0 heterocycles. The number of benzene rings is 1. The molecule has 1 atom stereocenters. The highest BCUT2D eigenvalue weighted by Gasteiger charge is 2.28. The van der Waals surface area contributed by atoms with E-state index in [1.165, 1.54) is 0 Å². The summed E-state index contributed by atoms with van der Waals surface area (Å²) in [6.45, 7) is 5.66. The molecule has 0 fully saturated rings. The fourth-order valence-corrected chi connectivity index (χ4v) is 1.92. The number of rotatable bonds is 4. The average molecular weight is 343 g/mol. The van der Waals surface area contributed by atoms with Crippen LogP contribution in [0.15, 0.2) is 22.7 Å². The molecule has 0 saturated heterocycles. The van der Waals surface area contributed by atoms with E-state index in [1.807, 2.05) is 20.8 Å². The van der Waals surface area contributed by atoms with Crippen LogP contribution >= 0.6 is 15.9 Å². The minimum atomic E-state index is -0.944. The van der Waals surface area contributed by atoms with Crippen LogP contribution in [0.25, 0.3) is 0 Å². The van der Waals surface area contributed by atoms with Gasteiger partial charge < -0.3 is 16.2 Å². The van der Waals surface area contributed by atoms with Gasteiger partial charge in [0, 0.05) is 21.8 Å². The highest BCUT2D eigenvalue weighted by molar-refractivity contribution is 9.10. The summed E-state index contributed by atoms with van der Waals surface area (Å²) in [5, 5.41) is 11.7. The topological polar surface area (TPSA) is 92.4 Å². The molecule has 0 aliphatic heterocycles. The molecule has 0 radical (unpaired) electrons. The van der Waals surface area contributed by atoms with Gasteiger partial charge in [0.2, 0.25) is 0 Å². The van der Waals surface area contributed by atoms with Crippen LogP contribution in [0.3, 0.4) is 0 Å². The lowest BCUT2D eigenvalue weighted by atomic mass is 9.84. The Morgan fingerprint density at radius 1 is 1.40 bits per heavy atom. The molecule has 0 spiro atoms.